The predicted molar refractivity (Wildman–Crippen MR) is 319 cm³/mol. The third-order valence-corrected chi connectivity index (χ3v) is 16.8. The van der Waals surface area contributed by atoms with Crippen LogP contribution in [0.4, 0.5) is 0 Å². The van der Waals surface area contributed by atoms with E-state index in [-0.39, 0.29) is 0 Å². The van der Waals surface area contributed by atoms with Gasteiger partial charge in [-0.2, -0.15) is 9.97 Å². The van der Waals surface area contributed by atoms with Gasteiger partial charge in [0.1, 0.15) is 11.2 Å². The second-order valence-corrected chi connectivity index (χ2v) is 20.9. The third-order valence-electron chi connectivity index (χ3n) is 15.7. The van der Waals surface area contributed by atoms with Crippen molar-refractivity contribution in [3.05, 3.63) is 243 Å². The Labute approximate surface area is 443 Å². The fourth-order valence-corrected chi connectivity index (χ4v) is 13.6. The smallest absolute Gasteiger partial charge is 0.238 e. The summed E-state index contributed by atoms with van der Waals surface area (Å²) in [5, 5.41) is 11.4. The number of rotatable bonds is 6. The van der Waals surface area contributed by atoms with E-state index in [2.05, 4.69) is 232 Å². The number of benzene rings is 11. The van der Waals surface area contributed by atoms with Crippen LogP contribution in [0.15, 0.2) is 247 Å². The first kappa shape index (κ1) is 42.2. The highest BCUT2D eigenvalue weighted by atomic mass is 32.1. The summed E-state index contributed by atoms with van der Waals surface area (Å²) in [6.07, 6.45) is 0. The largest absolute Gasteiger partial charge is 0.456 e. The molecule has 17 aromatic rings. The first-order valence-electron chi connectivity index (χ1n) is 25.9. The molecule has 0 amide bonds. The Kier molecular flexibility index (Phi) is 8.87. The molecule has 0 atom stereocenters. The van der Waals surface area contributed by atoms with Crippen LogP contribution in [0.1, 0.15) is 0 Å². The Morgan fingerprint density at radius 3 is 1.61 bits per heavy atom. The number of fused-ring (bicyclic) bond motifs is 16. The second kappa shape index (κ2) is 16.2. The fourth-order valence-electron chi connectivity index (χ4n) is 12.5. The van der Waals surface area contributed by atoms with Gasteiger partial charge in [-0.15, -0.1) is 11.3 Å². The highest BCUT2D eigenvalue weighted by Crippen LogP contribution is 2.48. The summed E-state index contributed by atoms with van der Waals surface area (Å²) < 4.78 is 16.4. The van der Waals surface area contributed by atoms with E-state index in [0.717, 1.165) is 99.3 Å². The van der Waals surface area contributed by atoms with Crippen LogP contribution in [0.25, 0.3) is 159 Å². The Balaban J connectivity index is 0.954. The molecule has 11 aromatic carbocycles. The van der Waals surface area contributed by atoms with Gasteiger partial charge in [-0.1, -0.05) is 170 Å². The van der Waals surface area contributed by atoms with Crippen LogP contribution in [0, 0.1) is 0 Å². The molecule has 6 heterocycles. The molecular formula is C69H40N6OS. The number of furan rings is 1. The highest BCUT2D eigenvalue weighted by Gasteiger charge is 2.26. The molecule has 0 bridgehead atoms. The average molecular weight is 1000 g/mol. The molecule has 0 N–H and O–H groups in total. The van der Waals surface area contributed by atoms with Gasteiger partial charge in [0.2, 0.25) is 5.95 Å². The van der Waals surface area contributed by atoms with Crippen LogP contribution >= 0.6 is 11.3 Å². The number of para-hydroxylation sites is 5. The van der Waals surface area contributed by atoms with Crippen molar-refractivity contribution >= 4 is 119 Å². The zero-order chi connectivity index (χ0) is 50.3. The lowest BCUT2D eigenvalue weighted by molar-refractivity contribution is 0.669. The van der Waals surface area contributed by atoms with E-state index in [0.29, 0.717) is 17.6 Å². The van der Waals surface area contributed by atoms with Gasteiger partial charge in [0, 0.05) is 85.6 Å². The van der Waals surface area contributed by atoms with Crippen molar-refractivity contribution < 1.29 is 4.42 Å². The van der Waals surface area contributed by atoms with Crippen molar-refractivity contribution in [3.63, 3.8) is 0 Å². The van der Waals surface area contributed by atoms with E-state index in [1.165, 1.54) is 41.9 Å². The summed E-state index contributed by atoms with van der Waals surface area (Å²) in [6.45, 7) is 0. The molecule has 0 aliphatic carbocycles. The normalized spacial score (nSPS) is 12.2. The summed E-state index contributed by atoms with van der Waals surface area (Å²) >= 11 is 1.84. The molecule has 0 saturated carbocycles. The first-order chi connectivity index (χ1) is 38.2. The standard InChI is InChI=1S/C69H40N6OS/c1-3-18-41(19-4-1)67-70-68(72-69(71-67)75-56-31-15-10-25-47(56)49-36-35-48-46-24-9-12-28-53(46)73(65(48)66(49)75)43-20-5-2-6-21-43)51-27-17-32-59-63(51)52-40-42(34-38-58(52)76-59)62-57(37-39-61-64(62)50-26-11-16-33-60(50)77-61)74-54-29-13-7-22-44(54)45-23-8-14-30-55(45)74/h1-40H. The topological polar surface area (TPSA) is 66.6 Å². The second-order valence-electron chi connectivity index (χ2n) is 19.8. The van der Waals surface area contributed by atoms with Gasteiger partial charge < -0.3 is 13.6 Å². The van der Waals surface area contributed by atoms with E-state index in [4.69, 9.17) is 19.4 Å². The molecule has 7 nitrogen and oxygen atoms in total. The fraction of sp³-hybridized carbons (Fsp3) is 0. The van der Waals surface area contributed by atoms with Crippen molar-refractivity contribution in [3.8, 4) is 51.2 Å². The maximum absolute atomic E-state index is 6.85. The van der Waals surface area contributed by atoms with Crippen LogP contribution < -0.4 is 0 Å². The Hall–Kier alpha value is -10.2. The van der Waals surface area contributed by atoms with Gasteiger partial charge in [0.05, 0.1) is 38.8 Å². The number of aromatic nitrogens is 6. The van der Waals surface area contributed by atoms with Gasteiger partial charge in [-0.05, 0) is 78.4 Å². The summed E-state index contributed by atoms with van der Waals surface area (Å²) in [6, 6.07) is 86.6. The van der Waals surface area contributed by atoms with E-state index in [1.54, 1.807) is 0 Å². The van der Waals surface area contributed by atoms with Crippen LogP contribution in [0.2, 0.25) is 0 Å². The highest BCUT2D eigenvalue weighted by molar-refractivity contribution is 7.26. The molecule has 77 heavy (non-hydrogen) atoms. The van der Waals surface area contributed by atoms with E-state index >= 15 is 0 Å². The lowest BCUT2D eigenvalue weighted by Crippen LogP contribution is -2.07. The van der Waals surface area contributed by atoms with E-state index < -0.39 is 0 Å². The quantitative estimate of drug-likeness (QED) is 0.166. The minimum atomic E-state index is 0.523. The van der Waals surface area contributed by atoms with Crippen molar-refractivity contribution in [1.82, 2.24) is 28.7 Å². The molecule has 0 fully saturated rings. The Morgan fingerprint density at radius 1 is 0.338 bits per heavy atom. The Bertz CT molecular complexity index is 5240. The molecule has 358 valence electrons. The summed E-state index contributed by atoms with van der Waals surface area (Å²) in [4.78, 5) is 16.5. The average Bonchev–Trinajstić information content (AvgIpc) is 4.47. The molecule has 6 aromatic heterocycles. The molecule has 8 heteroatoms. The van der Waals surface area contributed by atoms with Crippen LogP contribution in [-0.2, 0) is 0 Å². The predicted octanol–water partition coefficient (Wildman–Crippen LogP) is 18.4. The molecule has 0 saturated heterocycles. The first-order valence-corrected chi connectivity index (χ1v) is 26.7. The van der Waals surface area contributed by atoms with Crippen molar-refractivity contribution in [2.75, 3.05) is 0 Å². The third kappa shape index (κ3) is 6.10. The van der Waals surface area contributed by atoms with Crippen LogP contribution in [-0.4, -0.2) is 28.7 Å². The SMILES string of the molecule is c1ccc(-c2nc(-c3cccc4oc5ccc(-c6c(-n7c8ccccc8c8ccccc87)ccc7sc8ccccc8c67)cc5c34)nc(-n3c4ccccc4c4ccc5c6ccccc6n(-c6ccccc6)c5c43)n2)cc1. The maximum Gasteiger partial charge on any atom is 0.238 e. The molecule has 17 rings (SSSR count). The number of thiophene rings is 1. The van der Waals surface area contributed by atoms with Crippen molar-refractivity contribution in [1.29, 1.82) is 0 Å². The van der Waals surface area contributed by atoms with Gasteiger partial charge in [-0.25, -0.2) is 4.98 Å². The molecule has 0 aliphatic rings. The lowest BCUT2D eigenvalue weighted by atomic mass is 9.95. The minimum absolute atomic E-state index is 0.523. The minimum Gasteiger partial charge on any atom is -0.456 e. The summed E-state index contributed by atoms with van der Waals surface area (Å²) in [5.41, 5.74) is 14.3. The van der Waals surface area contributed by atoms with Crippen molar-refractivity contribution in [2.24, 2.45) is 0 Å². The van der Waals surface area contributed by atoms with Gasteiger partial charge in [0.25, 0.3) is 0 Å². The number of hydrogen-bond donors (Lipinski definition) is 0. The number of nitrogens with zero attached hydrogens (tertiary/aromatic N) is 6. The van der Waals surface area contributed by atoms with E-state index in [1.807, 2.05) is 35.6 Å². The van der Waals surface area contributed by atoms with Gasteiger partial charge >= 0.3 is 0 Å². The maximum atomic E-state index is 6.85. The van der Waals surface area contributed by atoms with Gasteiger partial charge in [-0.3, -0.25) is 4.57 Å². The molecule has 0 unspecified atom stereocenters. The molecule has 0 radical (unpaired) electrons. The van der Waals surface area contributed by atoms with Crippen molar-refractivity contribution in [2.45, 2.75) is 0 Å². The monoisotopic (exact) mass is 1000 g/mol. The van der Waals surface area contributed by atoms with E-state index in [9.17, 15) is 0 Å². The lowest BCUT2D eigenvalue weighted by Gasteiger charge is -2.16. The summed E-state index contributed by atoms with van der Waals surface area (Å²) in [7, 11) is 0. The zero-order valence-corrected chi connectivity index (χ0v) is 41.9. The number of hydrogen-bond acceptors (Lipinski definition) is 5. The molecule has 0 aliphatic heterocycles. The Morgan fingerprint density at radius 2 is 0.909 bits per heavy atom. The summed E-state index contributed by atoms with van der Waals surface area (Å²) in [5.74, 6) is 1.64. The van der Waals surface area contributed by atoms with Crippen LogP contribution in [0.5, 0.6) is 0 Å². The molecule has 0 spiro atoms. The van der Waals surface area contributed by atoms with Crippen LogP contribution in [0.3, 0.4) is 0 Å². The van der Waals surface area contributed by atoms with Gasteiger partial charge in [0.15, 0.2) is 11.6 Å². The zero-order valence-electron chi connectivity index (χ0n) is 41.1. The molecular weight excluding hydrogens is 961 g/mol.